The Labute approximate surface area is 164 Å². The maximum absolute atomic E-state index is 12.7. The van der Waals surface area contributed by atoms with Crippen molar-refractivity contribution >= 4 is 55.9 Å². The molecule has 1 aliphatic rings. The van der Waals surface area contributed by atoms with Crippen LogP contribution < -0.4 is 16.0 Å². The molecule has 2 aromatic heterocycles. The highest BCUT2D eigenvalue weighted by Crippen LogP contribution is 2.34. The number of nitrogens with zero attached hydrogens (tertiary/aromatic N) is 3. The quantitative estimate of drug-likeness (QED) is 0.572. The molecule has 1 aliphatic heterocycles. The highest BCUT2D eigenvalue weighted by atomic mass is 32.1. The summed E-state index contributed by atoms with van der Waals surface area (Å²) in [6, 6.07) is 13.6. The van der Waals surface area contributed by atoms with Gasteiger partial charge in [0.15, 0.2) is 4.96 Å². The van der Waals surface area contributed by atoms with E-state index in [1.807, 2.05) is 53.8 Å². The Balaban J connectivity index is 1.73. The van der Waals surface area contributed by atoms with Gasteiger partial charge in [0.2, 0.25) is 0 Å². The van der Waals surface area contributed by atoms with Gasteiger partial charge in [0.1, 0.15) is 11.6 Å². The predicted molar refractivity (Wildman–Crippen MR) is 115 cm³/mol. The van der Waals surface area contributed by atoms with Crippen molar-refractivity contribution in [2.75, 3.05) is 12.3 Å². The lowest BCUT2D eigenvalue weighted by Gasteiger charge is -2.06. The molecule has 0 saturated heterocycles. The molecule has 2 aromatic carbocycles. The number of nitrogens with two attached hydrogens (primary N) is 1. The zero-order chi connectivity index (χ0) is 19.3. The average Bonchev–Trinajstić information content (AvgIpc) is 3.26. The Hall–Kier alpha value is -3.45. The third-order valence-corrected chi connectivity index (χ3v) is 5.68. The van der Waals surface area contributed by atoms with Crippen molar-refractivity contribution < 1.29 is 4.74 Å². The van der Waals surface area contributed by atoms with E-state index >= 15 is 0 Å². The number of nitrogen functional groups attached to an aromatic ring is 1. The van der Waals surface area contributed by atoms with E-state index in [-0.39, 0.29) is 5.56 Å². The maximum atomic E-state index is 12.7. The first-order chi connectivity index (χ1) is 13.7. The molecule has 0 amide bonds. The largest absolute Gasteiger partial charge is 0.494 e. The zero-order valence-electron chi connectivity index (χ0n) is 15.0. The maximum Gasteiger partial charge on any atom is 0.283 e. The molecule has 4 aromatic rings. The van der Waals surface area contributed by atoms with Crippen molar-refractivity contribution in [2.24, 2.45) is 4.99 Å². The molecular formula is C21H16N4O2S. The standard InChI is InChI=1S/C21H16N4O2S/c1-2-27-13-7-8-17-18(10-13)28-21-24-20(26)15(19(22)25(17)21)9-12-11-23-16-6-4-3-5-14(12)16/h3-11H,2,22H2,1H3/b12-9+. The summed E-state index contributed by atoms with van der Waals surface area (Å²) in [6.45, 7) is 2.53. The van der Waals surface area contributed by atoms with Crippen LogP contribution in [0, 0.1) is 0 Å². The summed E-state index contributed by atoms with van der Waals surface area (Å²) in [7, 11) is 0. The highest BCUT2D eigenvalue weighted by molar-refractivity contribution is 7.23. The number of hydrogen-bond acceptors (Lipinski definition) is 6. The first-order valence-electron chi connectivity index (χ1n) is 8.88. The summed E-state index contributed by atoms with van der Waals surface area (Å²) in [5.41, 5.74) is 10.1. The van der Waals surface area contributed by atoms with Gasteiger partial charge in [0.25, 0.3) is 5.56 Å². The molecule has 5 rings (SSSR count). The van der Waals surface area contributed by atoms with E-state index < -0.39 is 0 Å². The van der Waals surface area contributed by atoms with E-state index in [0.717, 1.165) is 32.8 Å². The molecule has 138 valence electrons. The van der Waals surface area contributed by atoms with Crippen molar-refractivity contribution in [3.63, 3.8) is 0 Å². The Morgan fingerprint density at radius 1 is 1.25 bits per heavy atom. The molecule has 0 spiro atoms. The van der Waals surface area contributed by atoms with Gasteiger partial charge in [-0.05, 0) is 37.3 Å². The van der Waals surface area contributed by atoms with Crippen LogP contribution in [0.4, 0.5) is 11.5 Å². The predicted octanol–water partition coefficient (Wildman–Crippen LogP) is 4.15. The SMILES string of the molecule is CCOc1ccc2c(c1)sc1nc(=O)c(/C=C3\C=Nc4ccccc43)c(N)n12. The van der Waals surface area contributed by atoms with Crippen LogP contribution in [-0.2, 0) is 0 Å². The van der Waals surface area contributed by atoms with Crippen LogP contribution in [0.15, 0.2) is 52.3 Å². The second-order valence-corrected chi connectivity index (χ2v) is 7.38. The van der Waals surface area contributed by atoms with Gasteiger partial charge in [-0.25, -0.2) is 0 Å². The highest BCUT2D eigenvalue weighted by Gasteiger charge is 2.17. The average molecular weight is 388 g/mol. The van der Waals surface area contributed by atoms with Crippen LogP contribution in [0.3, 0.4) is 0 Å². The van der Waals surface area contributed by atoms with Crippen molar-refractivity contribution in [1.82, 2.24) is 9.38 Å². The Morgan fingerprint density at radius 3 is 2.96 bits per heavy atom. The number of ether oxygens (including phenoxy) is 1. The number of fused-ring (bicyclic) bond motifs is 4. The molecule has 0 unspecified atom stereocenters. The minimum Gasteiger partial charge on any atom is -0.494 e. The van der Waals surface area contributed by atoms with E-state index in [0.29, 0.717) is 22.9 Å². The molecule has 6 nitrogen and oxygen atoms in total. The summed E-state index contributed by atoms with van der Waals surface area (Å²) >= 11 is 1.41. The molecular weight excluding hydrogens is 372 g/mol. The van der Waals surface area contributed by atoms with E-state index in [1.165, 1.54) is 11.3 Å². The van der Waals surface area contributed by atoms with Crippen LogP contribution >= 0.6 is 11.3 Å². The monoisotopic (exact) mass is 388 g/mol. The third-order valence-electron chi connectivity index (χ3n) is 4.68. The van der Waals surface area contributed by atoms with Crippen molar-refractivity contribution in [1.29, 1.82) is 0 Å². The lowest BCUT2D eigenvalue weighted by Crippen LogP contribution is -2.16. The minimum absolute atomic E-state index is 0.348. The second kappa shape index (κ2) is 6.31. The summed E-state index contributed by atoms with van der Waals surface area (Å²) in [4.78, 5) is 21.9. The topological polar surface area (TPSA) is 82.0 Å². The fourth-order valence-electron chi connectivity index (χ4n) is 3.39. The van der Waals surface area contributed by atoms with Gasteiger partial charge in [0.05, 0.1) is 28.1 Å². The first kappa shape index (κ1) is 16.7. The number of aliphatic imine (C=N–C) groups is 1. The molecule has 0 saturated carbocycles. The summed E-state index contributed by atoms with van der Waals surface area (Å²) in [5.74, 6) is 1.15. The Kier molecular flexibility index (Phi) is 3.77. The second-order valence-electron chi connectivity index (χ2n) is 6.37. The number of anilines is 1. The fourth-order valence-corrected chi connectivity index (χ4v) is 4.44. The lowest BCUT2D eigenvalue weighted by molar-refractivity contribution is 0.341. The first-order valence-corrected chi connectivity index (χ1v) is 9.70. The zero-order valence-corrected chi connectivity index (χ0v) is 15.9. The van der Waals surface area contributed by atoms with Crippen molar-refractivity contribution in [3.05, 3.63) is 63.9 Å². The molecule has 7 heteroatoms. The van der Waals surface area contributed by atoms with Crippen molar-refractivity contribution in [2.45, 2.75) is 6.92 Å². The molecule has 0 atom stereocenters. The normalized spacial score (nSPS) is 14.2. The van der Waals surface area contributed by atoms with Crippen molar-refractivity contribution in [3.8, 4) is 5.75 Å². The third kappa shape index (κ3) is 2.51. The summed E-state index contributed by atoms with van der Waals surface area (Å²) in [6.07, 6.45) is 3.52. The number of thiazole rings is 1. The van der Waals surface area contributed by atoms with E-state index in [2.05, 4.69) is 9.98 Å². The molecule has 3 heterocycles. The number of hydrogen-bond donors (Lipinski definition) is 1. The van der Waals surface area contributed by atoms with Gasteiger partial charge < -0.3 is 10.5 Å². The summed E-state index contributed by atoms with van der Waals surface area (Å²) in [5, 5.41) is 0. The van der Waals surface area contributed by atoms with Gasteiger partial charge in [-0.1, -0.05) is 29.5 Å². The van der Waals surface area contributed by atoms with Crippen LogP contribution in [0.5, 0.6) is 5.75 Å². The number of para-hydroxylation sites is 1. The minimum atomic E-state index is -0.348. The van der Waals surface area contributed by atoms with Crippen LogP contribution in [0.1, 0.15) is 18.1 Å². The Bertz CT molecular complexity index is 1360. The van der Waals surface area contributed by atoms with Crippen LogP contribution in [0.25, 0.3) is 26.8 Å². The van der Waals surface area contributed by atoms with E-state index in [4.69, 9.17) is 10.5 Å². The Morgan fingerprint density at radius 2 is 2.11 bits per heavy atom. The fraction of sp³-hybridized carbons (Fsp3) is 0.0952. The molecule has 2 N–H and O–H groups in total. The van der Waals surface area contributed by atoms with E-state index in [1.54, 1.807) is 12.3 Å². The van der Waals surface area contributed by atoms with Crippen LogP contribution in [-0.4, -0.2) is 22.2 Å². The van der Waals surface area contributed by atoms with Crippen LogP contribution in [0.2, 0.25) is 0 Å². The molecule has 0 fully saturated rings. The number of allylic oxidation sites excluding steroid dienone is 1. The molecule has 28 heavy (non-hydrogen) atoms. The molecule has 0 bridgehead atoms. The van der Waals surface area contributed by atoms with Gasteiger partial charge in [0, 0.05) is 17.4 Å². The van der Waals surface area contributed by atoms with Gasteiger partial charge >= 0.3 is 0 Å². The smallest absolute Gasteiger partial charge is 0.283 e. The number of rotatable bonds is 3. The van der Waals surface area contributed by atoms with Gasteiger partial charge in [-0.15, -0.1) is 0 Å². The van der Waals surface area contributed by atoms with Gasteiger partial charge in [-0.3, -0.25) is 14.2 Å². The number of benzene rings is 2. The van der Waals surface area contributed by atoms with Gasteiger partial charge in [-0.2, -0.15) is 4.98 Å². The van der Waals surface area contributed by atoms with E-state index in [9.17, 15) is 4.79 Å². The number of aromatic nitrogens is 2. The summed E-state index contributed by atoms with van der Waals surface area (Å²) < 4.78 is 8.35. The molecule has 0 radical (unpaired) electrons. The molecule has 0 aliphatic carbocycles. The lowest BCUT2D eigenvalue weighted by atomic mass is 10.1.